The van der Waals surface area contributed by atoms with E-state index >= 15 is 0 Å². The summed E-state index contributed by atoms with van der Waals surface area (Å²) in [6.45, 7) is 6.34. The second kappa shape index (κ2) is 10.9. The molecule has 1 aromatic carbocycles. The summed E-state index contributed by atoms with van der Waals surface area (Å²) in [6, 6.07) is 7.35. The number of hydrogen-bond donors (Lipinski definition) is 4. The van der Waals surface area contributed by atoms with E-state index in [1.807, 2.05) is 38.1 Å². The van der Waals surface area contributed by atoms with Crippen molar-refractivity contribution in [1.82, 2.24) is 16.0 Å². The second-order valence-corrected chi connectivity index (χ2v) is 6.16. The van der Waals surface area contributed by atoms with E-state index in [1.165, 1.54) is 0 Å². The molecular weight excluding hydrogens is 344 g/mol. The number of nitrogens with one attached hydrogen (secondary N) is 4. The molecule has 7 nitrogen and oxygen atoms in total. The highest BCUT2D eigenvalue weighted by atomic mass is 35.5. The molecule has 0 radical (unpaired) electrons. The highest BCUT2D eigenvalue weighted by Gasteiger charge is 2.16. The molecule has 0 bridgehead atoms. The van der Waals surface area contributed by atoms with Crippen molar-refractivity contribution in [3.8, 4) is 0 Å². The summed E-state index contributed by atoms with van der Waals surface area (Å²) in [5.74, 6) is -0.00323. The Hall–Kier alpha value is -1.83. The summed E-state index contributed by atoms with van der Waals surface area (Å²) >= 11 is 0. The van der Waals surface area contributed by atoms with E-state index in [4.69, 9.17) is 4.74 Å². The predicted octanol–water partition coefficient (Wildman–Crippen LogP) is 1.63. The van der Waals surface area contributed by atoms with Crippen molar-refractivity contribution in [2.75, 3.05) is 25.1 Å². The molecule has 1 aliphatic rings. The van der Waals surface area contributed by atoms with Crippen LogP contribution in [0.2, 0.25) is 0 Å². The zero-order valence-corrected chi connectivity index (χ0v) is 15.4. The van der Waals surface area contributed by atoms with Gasteiger partial charge in [0.1, 0.15) is 0 Å². The Morgan fingerprint density at radius 1 is 1.28 bits per heavy atom. The quantitative estimate of drug-likeness (QED) is 0.612. The van der Waals surface area contributed by atoms with Gasteiger partial charge in [0.15, 0.2) is 0 Å². The second-order valence-electron chi connectivity index (χ2n) is 6.16. The van der Waals surface area contributed by atoms with E-state index in [0.29, 0.717) is 31.9 Å². The average Bonchev–Trinajstić information content (AvgIpc) is 2.54. The van der Waals surface area contributed by atoms with Crippen molar-refractivity contribution >= 4 is 30.0 Å². The molecule has 1 aromatic rings. The Bertz CT molecular complexity index is 545. The minimum absolute atomic E-state index is 0. The van der Waals surface area contributed by atoms with Crippen LogP contribution in [-0.2, 0) is 16.1 Å². The minimum Gasteiger partial charge on any atom is -0.378 e. The molecule has 140 valence electrons. The molecule has 0 aliphatic carbocycles. The van der Waals surface area contributed by atoms with Gasteiger partial charge in [-0.3, -0.25) is 4.79 Å². The maximum Gasteiger partial charge on any atom is 0.319 e. The third kappa shape index (κ3) is 8.20. The predicted molar refractivity (Wildman–Crippen MR) is 100 cm³/mol. The van der Waals surface area contributed by atoms with Gasteiger partial charge in [-0.05, 0) is 31.5 Å². The van der Waals surface area contributed by atoms with Gasteiger partial charge in [-0.25, -0.2) is 4.79 Å². The van der Waals surface area contributed by atoms with Gasteiger partial charge in [-0.1, -0.05) is 12.1 Å². The molecule has 4 N–H and O–H groups in total. The third-order valence-electron chi connectivity index (χ3n) is 3.55. The summed E-state index contributed by atoms with van der Waals surface area (Å²) in [5, 5.41) is 11.7. The fourth-order valence-corrected chi connectivity index (χ4v) is 2.38. The van der Waals surface area contributed by atoms with E-state index in [9.17, 15) is 9.59 Å². The van der Waals surface area contributed by atoms with E-state index < -0.39 is 0 Å². The smallest absolute Gasteiger partial charge is 0.319 e. The molecular formula is C17H27ClN4O3. The van der Waals surface area contributed by atoms with Crippen LogP contribution in [0.3, 0.4) is 0 Å². The lowest BCUT2D eigenvalue weighted by Gasteiger charge is -2.23. The molecule has 1 fully saturated rings. The lowest BCUT2D eigenvalue weighted by Crippen LogP contribution is -2.44. The number of halogens is 1. The standard InChI is InChI=1S/C17H26N4O3.ClH/c1-12(2)20-17(23)21-14-5-3-13(4-6-14)10-19-16(22)9-15-11-24-8-7-18-15;/h3-6,12,15,18H,7-11H2,1-2H3,(H,19,22)(H2,20,21,23);1H. The van der Waals surface area contributed by atoms with Crippen molar-refractivity contribution < 1.29 is 14.3 Å². The SMILES string of the molecule is CC(C)NC(=O)Nc1ccc(CNC(=O)CC2COCCN2)cc1.Cl. The summed E-state index contributed by atoms with van der Waals surface area (Å²) < 4.78 is 5.33. The van der Waals surface area contributed by atoms with Crippen LogP contribution < -0.4 is 21.3 Å². The van der Waals surface area contributed by atoms with Gasteiger partial charge in [-0.15, -0.1) is 12.4 Å². The van der Waals surface area contributed by atoms with Crippen LogP contribution in [0.5, 0.6) is 0 Å². The fraction of sp³-hybridized carbons (Fsp3) is 0.529. The molecule has 0 spiro atoms. The van der Waals surface area contributed by atoms with Gasteiger partial charge in [0.05, 0.1) is 13.2 Å². The number of benzene rings is 1. The van der Waals surface area contributed by atoms with Gasteiger partial charge >= 0.3 is 6.03 Å². The van der Waals surface area contributed by atoms with Gasteiger partial charge < -0.3 is 26.0 Å². The molecule has 0 saturated carbocycles. The highest BCUT2D eigenvalue weighted by Crippen LogP contribution is 2.09. The Labute approximate surface area is 154 Å². The maximum atomic E-state index is 11.9. The first kappa shape index (κ1) is 21.2. The summed E-state index contributed by atoms with van der Waals surface area (Å²) in [7, 11) is 0. The van der Waals surface area contributed by atoms with Gasteiger partial charge in [0.25, 0.3) is 0 Å². The number of hydrogen-bond acceptors (Lipinski definition) is 4. The number of carbonyl (C=O) groups is 2. The molecule has 1 unspecified atom stereocenters. The first-order chi connectivity index (χ1) is 11.5. The Morgan fingerprint density at radius 3 is 2.60 bits per heavy atom. The monoisotopic (exact) mass is 370 g/mol. The molecule has 1 aliphatic heterocycles. The van der Waals surface area contributed by atoms with Crippen LogP contribution >= 0.6 is 12.4 Å². The number of amides is 3. The zero-order chi connectivity index (χ0) is 17.4. The molecule has 2 rings (SSSR count). The number of urea groups is 1. The Balaban J connectivity index is 0.00000312. The number of anilines is 1. The zero-order valence-electron chi connectivity index (χ0n) is 14.6. The van der Waals surface area contributed by atoms with Crippen molar-refractivity contribution in [3.63, 3.8) is 0 Å². The van der Waals surface area contributed by atoms with Crippen LogP contribution in [0, 0.1) is 0 Å². The van der Waals surface area contributed by atoms with Gasteiger partial charge in [-0.2, -0.15) is 0 Å². The normalized spacial score (nSPS) is 16.7. The Kier molecular flexibility index (Phi) is 9.26. The number of carbonyl (C=O) groups excluding carboxylic acids is 2. The van der Waals surface area contributed by atoms with E-state index in [0.717, 1.165) is 12.1 Å². The van der Waals surface area contributed by atoms with Crippen LogP contribution in [0.1, 0.15) is 25.8 Å². The van der Waals surface area contributed by atoms with Crippen LogP contribution in [0.15, 0.2) is 24.3 Å². The molecule has 0 aromatic heterocycles. The Morgan fingerprint density at radius 2 is 2.00 bits per heavy atom. The highest BCUT2D eigenvalue weighted by molar-refractivity contribution is 5.89. The van der Waals surface area contributed by atoms with E-state index in [2.05, 4.69) is 21.3 Å². The fourth-order valence-electron chi connectivity index (χ4n) is 2.38. The van der Waals surface area contributed by atoms with E-state index in [1.54, 1.807) is 0 Å². The third-order valence-corrected chi connectivity index (χ3v) is 3.55. The molecule has 1 atom stereocenters. The lowest BCUT2D eigenvalue weighted by molar-refractivity contribution is -0.122. The first-order valence-electron chi connectivity index (χ1n) is 8.27. The average molecular weight is 371 g/mol. The van der Waals surface area contributed by atoms with E-state index in [-0.39, 0.29) is 36.4 Å². The number of rotatable bonds is 6. The first-order valence-corrected chi connectivity index (χ1v) is 8.27. The van der Waals surface area contributed by atoms with Crippen molar-refractivity contribution in [2.24, 2.45) is 0 Å². The largest absolute Gasteiger partial charge is 0.378 e. The van der Waals surface area contributed by atoms with Crippen LogP contribution in [-0.4, -0.2) is 43.8 Å². The van der Waals surface area contributed by atoms with Gasteiger partial charge in [0.2, 0.25) is 5.91 Å². The molecule has 1 heterocycles. The lowest BCUT2D eigenvalue weighted by atomic mass is 10.1. The van der Waals surface area contributed by atoms with Crippen LogP contribution in [0.25, 0.3) is 0 Å². The molecule has 25 heavy (non-hydrogen) atoms. The maximum absolute atomic E-state index is 11.9. The molecule has 1 saturated heterocycles. The summed E-state index contributed by atoms with van der Waals surface area (Å²) in [5.41, 5.74) is 1.69. The number of ether oxygens (including phenoxy) is 1. The van der Waals surface area contributed by atoms with Crippen LogP contribution in [0.4, 0.5) is 10.5 Å². The van der Waals surface area contributed by atoms with Crippen molar-refractivity contribution in [3.05, 3.63) is 29.8 Å². The summed E-state index contributed by atoms with van der Waals surface area (Å²) in [4.78, 5) is 23.5. The topological polar surface area (TPSA) is 91.5 Å². The van der Waals surface area contributed by atoms with Crippen molar-refractivity contribution in [2.45, 2.75) is 38.9 Å². The molecule has 8 heteroatoms. The molecule has 3 amide bonds. The summed E-state index contributed by atoms with van der Waals surface area (Å²) in [6.07, 6.45) is 0.412. The number of morpholine rings is 1. The van der Waals surface area contributed by atoms with Gasteiger partial charge in [0, 0.05) is 37.3 Å². The minimum atomic E-state index is -0.228. The van der Waals surface area contributed by atoms with Crippen molar-refractivity contribution in [1.29, 1.82) is 0 Å².